The molecule has 1 aliphatic heterocycles. The van der Waals surface area contributed by atoms with E-state index in [1.807, 2.05) is 5.32 Å². The number of amides is 2. The standard InChI is InChI=1S/C5H7NO3/c1-3-2-4(7)6-5(8)9-3/h3H,2H2,1H3,(H,6,7,8). The van der Waals surface area contributed by atoms with Crippen molar-refractivity contribution in [1.82, 2.24) is 5.32 Å². The van der Waals surface area contributed by atoms with Crippen LogP contribution in [-0.2, 0) is 9.53 Å². The Hall–Kier alpha value is -1.06. The maximum Gasteiger partial charge on any atom is 0.414 e. The summed E-state index contributed by atoms with van der Waals surface area (Å²) in [6.07, 6.45) is -0.642. The Bertz CT molecular complexity index is 138. The van der Waals surface area contributed by atoms with Crippen LogP contribution in [0.3, 0.4) is 0 Å². The number of hydrogen-bond acceptors (Lipinski definition) is 3. The molecule has 0 bridgehead atoms. The molecule has 0 aromatic carbocycles. The van der Waals surface area contributed by atoms with Gasteiger partial charge in [0.1, 0.15) is 6.10 Å². The van der Waals surface area contributed by atoms with Crippen LogP contribution in [0.2, 0.25) is 0 Å². The first-order valence-electron chi connectivity index (χ1n) is 2.69. The van der Waals surface area contributed by atoms with E-state index in [1.54, 1.807) is 6.92 Å². The van der Waals surface area contributed by atoms with E-state index in [-0.39, 0.29) is 18.4 Å². The summed E-state index contributed by atoms with van der Waals surface area (Å²) in [5.74, 6) is -0.265. The van der Waals surface area contributed by atoms with Crippen molar-refractivity contribution in [1.29, 1.82) is 0 Å². The molecule has 2 amide bonds. The van der Waals surface area contributed by atoms with Gasteiger partial charge in [0.05, 0.1) is 6.42 Å². The number of carbonyl (C=O) groups is 2. The molecule has 0 spiro atoms. The second-order valence-electron chi connectivity index (χ2n) is 1.97. The maximum atomic E-state index is 10.5. The summed E-state index contributed by atoms with van der Waals surface area (Å²) in [5, 5.41) is 2.01. The van der Waals surface area contributed by atoms with Crippen LogP contribution in [-0.4, -0.2) is 18.1 Å². The van der Waals surface area contributed by atoms with Crippen molar-refractivity contribution in [3.63, 3.8) is 0 Å². The van der Waals surface area contributed by atoms with Crippen LogP contribution < -0.4 is 5.32 Å². The lowest BCUT2D eigenvalue weighted by molar-refractivity contribution is -0.124. The number of rotatable bonds is 0. The van der Waals surface area contributed by atoms with Gasteiger partial charge in [-0.25, -0.2) is 4.79 Å². The third-order valence-electron chi connectivity index (χ3n) is 1.02. The van der Waals surface area contributed by atoms with Gasteiger partial charge in [0.15, 0.2) is 0 Å². The molecule has 0 aromatic heterocycles. The Morgan fingerprint density at radius 2 is 2.33 bits per heavy atom. The molecule has 9 heavy (non-hydrogen) atoms. The SMILES string of the molecule is CC1CC(=O)NC(=O)O1. The molecular formula is C5H7NO3. The highest BCUT2D eigenvalue weighted by molar-refractivity contribution is 5.93. The van der Waals surface area contributed by atoms with E-state index in [0.717, 1.165) is 0 Å². The monoisotopic (exact) mass is 129 g/mol. The van der Waals surface area contributed by atoms with Gasteiger partial charge in [0.2, 0.25) is 5.91 Å². The molecule has 1 atom stereocenters. The fourth-order valence-electron chi connectivity index (χ4n) is 0.680. The lowest BCUT2D eigenvalue weighted by atomic mass is 10.2. The molecule has 1 unspecified atom stereocenters. The summed E-state index contributed by atoms with van der Waals surface area (Å²) >= 11 is 0. The minimum Gasteiger partial charge on any atom is -0.446 e. The Morgan fingerprint density at radius 1 is 1.67 bits per heavy atom. The molecule has 0 saturated carbocycles. The average molecular weight is 129 g/mol. The number of ether oxygens (including phenoxy) is 1. The zero-order valence-corrected chi connectivity index (χ0v) is 5.01. The summed E-state index contributed by atoms with van der Waals surface area (Å²) < 4.78 is 4.59. The first-order valence-corrected chi connectivity index (χ1v) is 2.69. The van der Waals surface area contributed by atoms with E-state index in [4.69, 9.17) is 0 Å². The summed E-state index contributed by atoms with van der Waals surface area (Å²) in [5.41, 5.74) is 0. The third kappa shape index (κ3) is 1.42. The van der Waals surface area contributed by atoms with Crippen molar-refractivity contribution >= 4 is 12.0 Å². The van der Waals surface area contributed by atoms with Crippen LogP contribution in [0.4, 0.5) is 4.79 Å². The molecule has 0 aromatic rings. The van der Waals surface area contributed by atoms with Crippen molar-refractivity contribution in [2.75, 3.05) is 0 Å². The van der Waals surface area contributed by atoms with E-state index in [9.17, 15) is 9.59 Å². The largest absolute Gasteiger partial charge is 0.446 e. The number of carbonyl (C=O) groups excluding carboxylic acids is 2. The van der Waals surface area contributed by atoms with Gasteiger partial charge in [-0.05, 0) is 6.92 Å². The van der Waals surface area contributed by atoms with Crippen LogP contribution in [0, 0.1) is 0 Å². The average Bonchev–Trinajstić information content (AvgIpc) is 1.59. The molecule has 1 N–H and O–H groups in total. The Balaban J connectivity index is 2.53. The van der Waals surface area contributed by atoms with Crippen molar-refractivity contribution in [2.45, 2.75) is 19.4 Å². The Labute approximate surface area is 52.2 Å². The second kappa shape index (κ2) is 2.05. The van der Waals surface area contributed by atoms with E-state index in [2.05, 4.69) is 4.74 Å². The van der Waals surface area contributed by atoms with Gasteiger partial charge in [-0.2, -0.15) is 0 Å². The molecule has 50 valence electrons. The molecule has 0 aliphatic carbocycles. The van der Waals surface area contributed by atoms with E-state index in [0.29, 0.717) is 0 Å². The molecule has 1 fully saturated rings. The number of alkyl carbamates (subject to hydrolysis) is 1. The van der Waals surface area contributed by atoms with Gasteiger partial charge in [0.25, 0.3) is 0 Å². The van der Waals surface area contributed by atoms with E-state index < -0.39 is 6.09 Å². The maximum absolute atomic E-state index is 10.5. The second-order valence-corrected chi connectivity index (χ2v) is 1.97. The number of cyclic esters (lactones) is 1. The molecule has 4 heteroatoms. The first-order chi connectivity index (χ1) is 4.18. The summed E-state index contributed by atoms with van der Waals surface area (Å²) in [6.45, 7) is 1.68. The fourth-order valence-corrected chi connectivity index (χ4v) is 0.680. The van der Waals surface area contributed by atoms with Crippen molar-refractivity contribution in [3.8, 4) is 0 Å². The molecule has 1 saturated heterocycles. The van der Waals surface area contributed by atoms with Gasteiger partial charge in [-0.1, -0.05) is 0 Å². The van der Waals surface area contributed by atoms with Gasteiger partial charge >= 0.3 is 6.09 Å². The van der Waals surface area contributed by atoms with E-state index >= 15 is 0 Å². The minimum atomic E-state index is -0.640. The van der Waals surface area contributed by atoms with Gasteiger partial charge in [-0.15, -0.1) is 0 Å². The molecule has 0 radical (unpaired) electrons. The fraction of sp³-hybridized carbons (Fsp3) is 0.600. The number of hydrogen-bond donors (Lipinski definition) is 1. The van der Waals surface area contributed by atoms with Crippen molar-refractivity contribution in [2.24, 2.45) is 0 Å². The molecule has 1 aliphatic rings. The lowest BCUT2D eigenvalue weighted by Crippen LogP contribution is -2.40. The first kappa shape index (κ1) is 6.07. The molecular weight excluding hydrogens is 122 g/mol. The van der Waals surface area contributed by atoms with Crippen LogP contribution in [0.5, 0.6) is 0 Å². The van der Waals surface area contributed by atoms with Crippen LogP contribution in [0.25, 0.3) is 0 Å². The van der Waals surface area contributed by atoms with Gasteiger partial charge in [-0.3, -0.25) is 10.1 Å². The quantitative estimate of drug-likeness (QED) is 0.502. The summed E-state index contributed by atoms with van der Waals surface area (Å²) in [4.78, 5) is 20.8. The summed E-state index contributed by atoms with van der Waals surface area (Å²) in [6, 6.07) is 0. The van der Waals surface area contributed by atoms with Crippen molar-refractivity contribution < 1.29 is 14.3 Å². The Morgan fingerprint density at radius 3 is 2.78 bits per heavy atom. The molecule has 4 nitrogen and oxygen atoms in total. The molecule has 1 rings (SSSR count). The zero-order valence-electron chi connectivity index (χ0n) is 5.01. The van der Waals surface area contributed by atoms with E-state index in [1.165, 1.54) is 0 Å². The van der Waals surface area contributed by atoms with Crippen molar-refractivity contribution in [3.05, 3.63) is 0 Å². The zero-order chi connectivity index (χ0) is 6.85. The van der Waals surface area contributed by atoms with Gasteiger partial charge < -0.3 is 4.74 Å². The normalized spacial score (nSPS) is 27.0. The van der Waals surface area contributed by atoms with Crippen LogP contribution in [0.1, 0.15) is 13.3 Å². The minimum absolute atomic E-state index is 0.265. The van der Waals surface area contributed by atoms with Gasteiger partial charge in [0, 0.05) is 0 Å². The highest BCUT2D eigenvalue weighted by Gasteiger charge is 2.21. The third-order valence-corrected chi connectivity index (χ3v) is 1.02. The lowest BCUT2D eigenvalue weighted by Gasteiger charge is -2.17. The number of nitrogens with one attached hydrogen (secondary N) is 1. The highest BCUT2D eigenvalue weighted by Crippen LogP contribution is 2.02. The Kier molecular flexibility index (Phi) is 1.38. The molecule has 1 heterocycles. The summed E-state index contributed by atoms with van der Waals surface area (Å²) in [7, 11) is 0. The van der Waals surface area contributed by atoms with Crippen LogP contribution >= 0.6 is 0 Å². The van der Waals surface area contributed by atoms with Crippen LogP contribution in [0.15, 0.2) is 0 Å². The predicted molar refractivity (Wildman–Crippen MR) is 28.7 cm³/mol. The highest BCUT2D eigenvalue weighted by atomic mass is 16.6. The topological polar surface area (TPSA) is 55.4 Å². The smallest absolute Gasteiger partial charge is 0.414 e. The predicted octanol–water partition coefficient (Wildman–Crippen LogP) is 0.0314. The number of imide groups is 1.